The molecule has 0 bridgehead atoms. The first-order chi connectivity index (χ1) is 9.75. The highest BCUT2D eigenvalue weighted by Gasteiger charge is 2.14. The Hall–Kier alpha value is -1.06. The lowest BCUT2D eigenvalue weighted by atomic mass is 10.0. The molecule has 3 nitrogen and oxygen atoms in total. The quantitative estimate of drug-likeness (QED) is 0.785. The molecule has 1 fully saturated rings. The van der Waals surface area contributed by atoms with Crippen molar-refractivity contribution >= 4 is 17.5 Å². The molecule has 1 saturated heterocycles. The smallest absolute Gasteiger partial charge is 0.220 e. The number of carbonyl (C=O) groups is 1. The molecule has 0 radical (unpaired) electrons. The van der Waals surface area contributed by atoms with Crippen molar-refractivity contribution in [2.45, 2.75) is 32.1 Å². The Bertz CT molecular complexity index is 430. The van der Waals surface area contributed by atoms with Gasteiger partial charge in [-0.2, -0.15) is 0 Å². The molecule has 0 aliphatic carbocycles. The number of hydrogen-bond donors (Lipinski definition) is 1. The number of aryl methyl sites for hydroxylation is 1. The average molecular weight is 296 g/mol. The lowest BCUT2D eigenvalue weighted by Crippen LogP contribution is -2.25. The monoisotopic (exact) mass is 295 g/mol. The van der Waals surface area contributed by atoms with E-state index >= 15 is 0 Å². The van der Waals surface area contributed by atoms with Gasteiger partial charge in [-0.3, -0.25) is 4.79 Å². The fourth-order valence-electron chi connectivity index (χ4n) is 2.47. The van der Waals surface area contributed by atoms with Gasteiger partial charge in [0.05, 0.1) is 0 Å². The maximum Gasteiger partial charge on any atom is 0.220 e. The third-order valence-electron chi connectivity index (χ3n) is 3.71. The Labute approximate surface area is 125 Å². The van der Waals surface area contributed by atoms with Gasteiger partial charge >= 0.3 is 0 Å². The highest BCUT2D eigenvalue weighted by atomic mass is 35.5. The average Bonchev–Trinajstić information content (AvgIpc) is 2.96. The van der Waals surface area contributed by atoms with Crippen LogP contribution in [0.5, 0.6) is 0 Å². The minimum atomic E-state index is 0.104. The van der Waals surface area contributed by atoms with Gasteiger partial charge in [0.15, 0.2) is 0 Å². The predicted octanol–water partition coefficient (Wildman–Crippen LogP) is 3.21. The van der Waals surface area contributed by atoms with Crippen LogP contribution in [0.4, 0.5) is 0 Å². The van der Waals surface area contributed by atoms with E-state index in [1.165, 1.54) is 6.42 Å². The van der Waals surface area contributed by atoms with Crippen molar-refractivity contribution in [2.24, 2.45) is 5.92 Å². The molecular formula is C16H22ClNO2. The van der Waals surface area contributed by atoms with Crippen LogP contribution in [-0.4, -0.2) is 25.7 Å². The Morgan fingerprint density at radius 3 is 3.00 bits per heavy atom. The fourth-order valence-corrected chi connectivity index (χ4v) is 2.70. The van der Waals surface area contributed by atoms with Crippen LogP contribution in [0.1, 0.15) is 31.2 Å². The number of benzene rings is 1. The van der Waals surface area contributed by atoms with Crippen LogP contribution in [0.15, 0.2) is 24.3 Å². The van der Waals surface area contributed by atoms with E-state index in [2.05, 4.69) is 5.32 Å². The number of ether oxygens (including phenoxy) is 1. The number of nitrogens with one attached hydrogen (secondary N) is 1. The zero-order chi connectivity index (χ0) is 14.2. The van der Waals surface area contributed by atoms with E-state index in [1.807, 2.05) is 24.3 Å². The highest BCUT2D eigenvalue weighted by molar-refractivity contribution is 6.31. The molecule has 0 spiro atoms. The van der Waals surface area contributed by atoms with Gasteiger partial charge in [-0.1, -0.05) is 29.8 Å². The van der Waals surface area contributed by atoms with Crippen LogP contribution >= 0.6 is 11.6 Å². The lowest BCUT2D eigenvalue weighted by Gasteiger charge is -2.08. The second-order valence-electron chi connectivity index (χ2n) is 5.31. The molecule has 2 rings (SSSR count). The van der Waals surface area contributed by atoms with Crippen LogP contribution in [0.25, 0.3) is 0 Å². The molecule has 0 unspecified atom stereocenters. The first-order valence-corrected chi connectivity index (χ1v) is 7.71. The van der Waals surface area contributed by atoms with Gasteiger partial charge in [-0.05, 0) is 43.2 Å². The molecule has 1 aromatic carbocycles. The zero-order valence-electron chi connectivity index (χ0n) is 11.7. The molecule has 1 amide bonds. The Kier molecular flexibility index (Phi) is 6.34. The molecule has 20 heavy (non-hydrogen) atoms. The molecule has 0 aromatic heterocycles. The molecule has 1 aliphatic rings. The largest absolute Gasteiger partial charge is 0.381 e. The summed E-state index contributed by atoms with van der Waals surface area (Å²) in [5, 5.41) is 3.71. The Morgan fingerprint density at radius 2 is 2.25 bits per heavy atom. The van der Waals surface area contributed by atoms with Crippen molar-refractivity contribution < 1.29 is 9.53 Å². The van der Waals surface area contributed by atoms with Gasteiger partial charge in [0.1, 0.15) is 0 Å². The summed E-state index contributed by atoms with van der Waals surface area (Å²) in [5.41, 5.74) is 1.03. The maximum absolute atomic E-state index is 11.7. The van der Waals surface area contributed by atoms with Gasteiger partial charge in [-0.25, -0.2) is 0 Å². The maximum atomic E-state index is 11.7. The predicted molar refractivity (Wildman–Crippen MR) is 80.9 cm³/mol. The molecule has 1 aromatic rings. The van der Waals surface area contributed by atoms with Crippen LogP contribution in [0.3, 0.4) is 0 Å². The van der Waals surface area contributed by atoms with Crippen LogP contribution < -0.4 is 5.32 Å². The van der Waals surface area contributed by atoms with Crippen molar-refractivity contribution in [2.75, 3.05) is 19.8 Å². The standard InChI is InChI=1S/C16H22ClNO2/c17-15-6-2-1-5-14(15)7-8-16(19)18-10-3-4-13-9-11-20-12-13/h1-2,5-6,13H,3-4,7-12H2,(H,18,19)/t13-/m0/s1. The van der Waals surface area contributed by atoms with E-state index < -0.39 is 0 Å². The van der Waals surface area contributed by atoms with Gasteiger partial charge < -0.3 is 10.1 Å². The summed E-state index contributed by atoms with van der Waals surface area (Å²) in [4.78, 5) is 11.7. The van der Waals surface area contributed by atoms with Crippen molar-refractivity contribution in [3.05, 3.63) is 34.9 Å². The van der Waals surface area contributed by atoms with Crippen molar-refractivity contribution in [3.8, 4) is 0 Å². The van der Waals surface area contributed by atoms with E-state index in [0.717, 1.165) is 43.2 Å². The van der Waals surface area contributed by atoms with Crippen molar-refractivity contribution in [1.29, 1.82) is 0 Å². The number of amides is 1. The Balaban J connectivity index is 1.57. The third kappa shape index (κ3) is 5.14. The van der Waals surface area contributed by atoms with Gasteiger partial charge in [-0.15, -0.1) is 0 Å². The topological polar surface area (TPSA) is 38.3 Å². The molecular weight excluding hydrogens is 274 g/mol. The Morgan fingerprint density at radius 1 is 1.40 bits per heavy atom. The zero-order valence-corrected chi connectivity index (χ0v) is 12.5. The van der Waals surface area contributed by atoms with Crippen LogP contribution in [0.2, 0.25) is 5.02 Å². The molecule has 1 aliphatic heterocycles. The first kappa shape index (κ1) is 15.3. The molecule has 1 atom stereocenters. The van der Waals surface area contributed by atoms with Crippen LogP contribution in [-0.2, 0) is 16.0 Å². The molecule has 4 heteroatoms. The number of rotatable bonds is 7. The SMILES string of the molecule is O=C(CCc1ccccc1Cl)NCCC[C@H]1CCOC1. The van der Waals surface area contributed by atoms with E-state index in [0.29, 0.717) is 18.8 Å². The summed E-state index contributed by atoms with van der Waals surface area (Å²) in [6.07, 6.45) is 4.54. The second kappa shape index (κ2) is 8.28. The van der Waals surface area contributed by atoms with E-state index in [-0.39, 0.29) is 5.91 Å². The third-order valence-corrected chi connectivity index (χ3v) is 4.08. The number of hydrogen-bond acceptors (Lipinski definition) is 2. The molecule has 1 N–H and O–H groups in total. The fraction of sp³-hybridized carbons (Fsp3) is 0.562. The number of halogens is 1. The summed E-state index contributed by atoms with van der Waals surface area (Å²) in [6.45, 7) is 2.55. The summed E-state index contributed by atoms with van der Waals surface area (Å²) in [5.74, 6) is 0.794. The first-order valence-electron chi connectivity index (χ1n) is 7.33. The summed E-state index contributed by atoms with van der Waals surface area (Å²) >= 11 is 6.06. The van der Waals surface area contributed by atoms with E-state index in [1.54, 1.807) is 0 Å². The van der Waals surface area contributed by atoms with E-state index in [9.17, 15) is 4.79 Å². The van der Waals surface area contributed by atoms with Crippen molar-refractivity contribution in [3.63, 3.8) is 0 Å². The van der Waals surface area contributed by atoms with Gasteiger partial charge in [0.25, 0.3) is 0 Å². The molecule has 1 heterocycles. The van der Waals surface area contributed by atoms with Gasteiger partial charge in [0, 0.05) is 31.2 Å². The summed E-state index contributed by atoms with van der Waals surface area (Å²) < 4.78 is 5.33. The number of carbonyl (C=O) groups excluding carboxylic acids is 1. The van der Waals surface area contributed by atoms with Crippen LogP contribution in [0, 0.1) is 5.92 Å². The summed E-state index contributed by atoms with van der Waals surface area (Å²) in [6, 6.07) is 7.68. The minimum absolute atomic E-state index is 0.104. The summed E-state index contributed by atoms with van der Waals surface area (Å²) in [7, 11) is 0. The molecule has 110 valence electrons. The second-order valence-corrected chi connectivity index (χ2v) is 5.72. The lowest BCUT2D eigenvalue weighted by molar-refractivity contribution is -0.121. The molecule has 0 saturated carbocycles. The highest BCUT2D eigenvalue weighted by Crippen LogP contribution is 2.18. The normalized spacial score (nSPS) is 18.1. The van der Waals surface area contributed by atoms with Crippen molar-refractivity contribution in [1.82, 2.24) is 5.32 Å². The van der Waals surface area contributed by atoms with E-state index in [4.69, 9.17) is 16.3 Å². The van der Waals surface area contributed by atoms with Gasteiger partial charge in [0.2, 0.25) is 5.91 Å². The minimum Gasteiger partial charge on any atom is -0.381 e.